The molecular formula is C17H29NO. The number of ether oxygens (including phenoxy) is 1. The van der Waals surface area contributed by atoms with Crippen molar-refractivity contribution in [3.63, 3.8) is 0 Å². The van der Waals surface area contributed by atoms with Crippen molar-refractivity contribution in [2.24, 2.45) is 5.92 Å². The Morgan fingerprint density at radius 3 is 2.37 bits per heavy atom. The van der Waals surface area contributed by atoms with Gasteiger partial charge in [-0.15, -0.1) is 0 Å². The first kappa shape index (κ1) is 16.2. The molecule has 0 aliphatic heterocycles. The molecule has 1 rings (SSSR count). The number of hydrogen-bond acceptors (Lipinski definition) is 2. The molecule has 0 fully saturated rings. The van der Waals surface area contributed by atoms with E-state index in [9.17, 15) is 0 Å². The van der Waals surface area contributed by atoms with Gasteiger partial charge in [0.15, 0.2) is 0 Å². The predicted octanol–water partition coefficient (Wildman–Crippen LogP) is 4.18. The second-order valence-electron chi connectivity index (χ2n) is 5.53. The maximum atomic E-state index is 5.68. The lowest BCUT2D eigenvalue weighted by molar-refractivity contribution is 0.0663. The van der Waals surface area contributed by atoms with Crippen molar-refractivity contribution >= 4 is 0 Å². The Balaban J connectivity index is 2.57. The Bertz CT molecular complexity index is 323. The summed E-state index contributed by atoms with van der Waals surface area (Å²) in [6, 6.07) is 11.2. The van der Waals surface area contributed by atoms with Gasteiger partial charge < -0.3 is 10.1 Å². The fraction of sp³-hybridized carbons (Fsp3) is 0.647. The number of benzene rings is 1. The molecule has 1 N–H and O–H groups in total. The molecule has 1 aromatic rings. The molecule has 19 heavy (non-hydrogen) atoms. The molecule has 2 atom stereocenters. The standard InChI is InChI=1S/C17H29NO/c1-5-12-18-17(16-9-7-6-8-10-16)15(4)11-13-19-14(2)3/h6-10,14-15,17-18H,5,11-13H2,1-4H3. The SMILES string of the molecule is CCCNC(c1ccccc1)C(C)CCOC(C)C. The van der Waals surface area contributed by atoms with Gasteiger partial charge in [0, 0.05) is 12.6 Å². The van der Waals surface area contributed by atoms with Crippen molar-refractivity contribution < 1.29 is 4.74 Å². The highest BCUT2D eigenvalue weighted by molar-refractivity contribution is 5.19. The lowest BCUT2D eigenvalue weighted by Gasteiger charge is -2.26. The highest BCUT2D eigenvalue weighted by Crippen LogP contribution is 2.24. The Morgan fingerprint density at radius 2 is 1.79 bits per heavy atom. The molecule has 0 saturated heterocycles. The maximum Gasteiger partial charge on any atom is 0.0518 e. The molecule has 2 unspecified atom stereocenters. The lowest BCUT2D eigenvalue weighted by atomic mass is 9.92. The van der Waals surface area contributed by atoms with Crippen molar-refractivity contribution in [1.29, 1.82) is 0 Å². The van der Waals surface area contributed by atoms with E-state index in [-0.39, 0.29) is 0 Å². The van der Waals surface area contributed by atoms with Gasteiger partial charge in [-0.05, 0) is 44.7 Å². The van der Waals surface area contributed by atoms with Crippen LogP contribution in [0.25, 0.3) is 0 Å². The fourth-order valence-corrected chi connectivity index (χ4v) is 2.26. The van der Waals surface area contributed by atoms with Gasteiger partial charge in [-0.25, -0.2) is 0 Å². The number of nitrogens with one attached hydrogen (secondary N) is 1. The van der Waals surface area contributed by atoms with Crippen LogP contribution in [0.4, 0.5) is 0 Å². The van der Waals surface area contributed by atoms with Crippen molar-refractivity contribution in [2.75, 3.05) is 13.2 Å². The van der Waals surface area contributed by atoms with Crippen molar-refractivity contribution in [2.45, 2.75) is 52.7 Å². The zero-order valence-electron chi connectivity index (χ0n) is 12.9. The summed E-state index contributed by atoms with van der Waals surface area (Å²) in [5.41, 5.74) is 1.38. The third-order valence-electron chi connectivity index (χ3n) is 3.37. The topological polar surface area (TPSA) is 21.3 Å². The molecule has 0 heterocycles. The summed E-state index contributed by atoms with van der Waals surface area (Å²) in [7, 11) is 0. The van der Waals surface area contributed by atoms with Crippen LogP contribution in [0.3, 0.4) is 0 Å². The fourth-order valence-electron chi connectivity index (χ4n) is 2.26. The van der Waals surface area contributed by atoms with E-state index < -0.39 is 0 Å². The van der Waals surface area contributed by atoms with Gasteiger partial charge in [-0.2, -0.15) is 0 Å². The van der Waals surface area contributed by atoms with Crippen molar-refractivity contribution in [1.82, 2.24) is 5.32 Å². The van der Waals surface area contributed by atoms with Crippen LogP contribution in [0.5, 0.6) is 0 Å². The monoisotopic (exact) mass is 263 g/mol. The zero-order chi connectivity index (χ0) is 14.1. The van der Waals surface area contributed by atoms with Crippen molar-refractivity contribution in [3.8, 4) is 0 Å². The molecule has 2 heteroatoms. The van der Waals surface area contributed by atoms with Gasteiger partial charge in [0.05, 0.1) is 6.10 Å². The number of hydrogen-bond donors (Lipinski definition) is 1. The average molecular weight is 263 g/mol. The van der Waals surface area contributed by atoms with Gasteiger partial charge in [-0.3, -0.25) is 0 Å². The first-order valence-electron chi connectivity index (χ1n) is 7.55. The van der Waals surface area contributed by atoms with E-state index in [1.54, 1.807) is 0 Å². The van der Waals surface area contributed by atoms with E-state index in [0.717, 1.165) is 19.6 Å². The van der Waals surface area contributed by atoms with Crippen LogP contribution in [-0.2, 0) is 4.74 Å². The van der Waals surface area contributed by atoms with E-state index in [0.29, 0.717) is 18.1 Å². The minimum absolute atomic E-state index is 0.325. The summed E-state index contributed by atoms with van der Waals surface area (Å²) in [4.78, 5) is 0. The third kappa shape index (κ3) is 6.22. The Kier molecular flexibility index (Phi) is 7.76. The second kappa shape index (κ2) is 9.11. The molecule has 0 bridgehead atoms. The van der Waals surface area contributed by atoms with E-state index in [2.05, 4.69) is 63.3 Å². The quantitative estimate of drug-likeness (QED) is 0.721. The zero-order valence-corrected chi connectivity index (χ0v) is 12.9. The van der Waals surface area contributed by atoms with Gasteiger partial charge >= 0.3 is 0 Å². The van der Waals surface area contributed by atoms with Crippen LogP contribution in [0.2, 0.25) is 0 Å². The molecular weight excluding hydrogens is 234 g/mol. The molecule has 0 aliphatic rings. The highest BCUT2D eigenvalue weighted by Gasteiger charge is 2.18. The summed E-state index contributed by atoms with van der Waals surface area (Å²) in [5.74, 6) is 0.577. The molecule has 0 saturated carbocycles. The molecule has 0 aromatic heterocycles. The first-order valence-corrected chi connectivity index (χ1v) is 7.55. The summed E-state index contributed by atoms with van der Waals surface area (Å²) >= 11 is 0. The number of rotatable bonds is 9. The van der Waals surface area contributed by atoms with E-state index in [1.807, 2.05) is 0 Å². The van der Waals surface area contributed by atoms with E-state index in [1.165, 1.54) is 12.0 Å². The predicted molar refractivity (Wildman–Crippen MR) is 82.3 cm³/mol. The minimum atomic E-state index is 0.325. The lowest BCUT2D eigenvalue weighted by Crippen LogP contribution is -2.28. The Morgan fingerprint density at radius 1 is 1.11 bits per heavy atom. The largest absolute Gasteiger partial charge is 0.379 e. The first-order chi connectivity index (χ1) is 9.15. The smallest absolute Gasteiger partial charge is 0.0518 e. The van der Waals surface area contributed by atoms with Crippen LogP contribution in [0.1, 0.15) is 52.1 Å². The summed E-state index contributed by atoms with van der Waals surface area (Å²) in [6.45, 7) is 10.6. The van der Waals surface area contributed by atoms with Crippen molar-refractivity contribution in [3.05, 3.63) is 35.9 Å². The van der Waals surface area contributed by atoms with Crippen LogP contribution in [0, 0.1) is 5.92 Å². The van der Waals surface area contributed by atoms with Gasteiger partial charge in [0.1, 0.15) is 0 Å². The Labute approximate surface area is 118 Å². The molecule has 0 spiro atoms. The highest BCUT2D eigenvalue weighted by atomic mass is 16.5. The normalized spacial score (nSPS) is 14.6. The summed E-state index contributed by atoms with van der Waals surface area (Å²) in [5, 5.41) is 3.67. The van der Waals surface area contributed by atoms with Crippen LogP contribution >= 0.6 is 0 Å². The van der Waals surface area contributed by atoms with Gasteiger partial charge in [0.2, 0.25) is 0 Å². The molecule has 0 amide bonds. The van der Waals surface area contributed by atoms with Crippen LogP contribution in [0.15, 0.2) is 30.3 Å². The van der Waals surface area contributed by atoms with Gasteiger partial charge in [0.25, 0.3) is 0 Å². The van der Waals surface area contributed by atoms with Crippen LogP contribution < -0.4 is 5.32 Å². The summed E-state index contributed by atoms with van der Waals surface area (Å²) in [6.07, 6.45) is 2.58. The van der Waals surface area contributed by atoms with Gasteiger partial charge in [-0.1, -0.05) is 44.2 Å². The van der Waals surface area contributed by atoms with Crippen LogP contribution in [-0.4, -0.2) is 19.3 Å². The molecule has 0 radical (unpaired) electrons. The average Bonchev–Trinajstić information content (AvgIpc) is 2.40. The Hall–Kier alpha value is -0.860. The molecule has 1 aromatic carbocycles. The van der Waals surface area contributed by atoms with E-state index >= 15 is 0 Å². The minimum Gasteiger partial charge on any atom is -0.379 e. The summed E-state index contributed by atoms with van der Waals surface area (Å²) < 4.78 is 5.68. The second-order valence-corrected chi connectivity index (χ2v) is 5.53. The van der Waals surface area contributed by atoms with E-state index in [4.69, 9.17) is 4.74 Å². The maximum absolute atomic E-state index is 5.68. The molecule has 108 valence electrons. The third-order valence-corrected chi connectivity index (χ3v) is 3.37. The molecule has 0 aliphatic carbocycles. The molecule has 2 nitrogen and oxygen atoms in total.